The number of fused-ring (bicyclic) bond motifs is 2. The van der Waals surface area contributed by atoms with Crippen molar-refractivity contribution >= 4 is 17.6 Å². The van der Waals surface area contributed by atoms with E-state index < -0.39 is 15.9 Å². The predicted octanol–water partition coefficient (Wildman–Crippen LogP) is 0.0711. The molecule has 6 nitrogen and oxygen atoms in total. The van der Waals surface area contributed by atoms with Crippen LogP contribution in [0.4, 0.5) is 0 Å². The van der Waals surface area contributed by atoms with E-state index in [-0.39, 0.29) is 5.92 Å². The number of nitrogens with zero attached hydrogens (tertiary/aromatic N) is 2. The third kappa shape index (κ3) is 1.43. The van der Waals surface area contributed by atoms with E-state index in [4.69, 9.17) is 15.2 Å². The molecule has 1 aromatic carbocycles. The van der Waals surface area contributed by atoms with Crippen LogP contribution in [-0.4, -0.2) is 29.9 Å². The van der Waals surface area contributed by atoms with Crippen LogP contribution in [0.5, 0.6) is 5.75 Å². The molecule has 3 N–H and O–H groups in total. The fourth-order valence-electron chi connectivity index (χ4n) is 4.29. The third-order valence-corrected chi connectivity index (χ3v) is 6.54. The number of thioether (sulfide) groups is 1. The van der Waals surface area contributed by atoms with Crippen molar-refractivity contribution in [2.45, 2.75) is 17.9 Å². The summed E-state index contributed by atoms with van der Waals surface area (Å²) in [4.78, 5) is 3.11. The predicted molar refractivity (Wildman–Crippen MR) is 87.7 cm³/mol. The molecule has 3 aliphatic rings. The largest absolute Gasteiger partial charge is 0.494 e. The number of hydrogen-bond acceptors (Lipinski definition) is 6. The zero-order valence-electron chi connectivity index (χ0n) is 13.2. The fraction of sp³-hybridized carbons (Fsp3) is 0.471. The van der Waals surface area contributed by atoms with Crippen LogP contribution in [0.3, 0.4) is 0 Å². The molecule has 0 unspecified atom stereocenters. The van der Waals surface area contributed by atoms with Crippen LogP contribution in [0.15, 0.2) is 24.3 Å². The molecule has 0 amide bonds. The summed E-state index contributed by atoms with van der Waals surface area (Å²) in [7, 11) is 0. The van der Waals surface area contributed by atoms with E-state index >= 15 is 0 Å². The van der Waals surface area contributed by atoms with Gasteiger partial charge in [-0.05, 0) is 13.0 Å². The van der Waals surface area contributed by atoms with Gasteiger partial charge in [-0.2, -0.15) is 10.5 Å². The summed E-state index contributed by atoms with van der Waals surface area (Å²) in [5.41, 5.74) is 4.90. The Hall–Kier alpha value is -2.22. The van der Waals surface area contributed by atoms with Crippen molar-refractivity contribution in [2.75, 3.05) is 19.0 Å². The van der Waals surface area contributed by atoms with E-state index in [0.29, 0.717) is 24.8 Å². The summed E-state index contributed by atoms with van der Waals surface area (Å²) in [6.07, 6.45) is 0. The Kier molecular flexibility index (Phi) is 3.12. The van der Waals surface area contributed by atoms with Crippen LogP contribution in [0.25, 0.3) is 0 Å². The SMILES string of the molecule is CCOc1ccccc1[C@H]1[C@@]2(C#N)[C@@]3([NH+]=C(N)[C@@]12C#N)OCCS3. The molecular weight excluding hydrogens is 324 g/mol. The van der Waals surface area contributed by atoms with Gasteiger partial charge in [-0.3, -0.25) is 5.73 Å². The van der Waals surface area contributed by atoms with Crippen molar-refractivity contribution in [3.05, 3.63) is 29.8 Å². The first-order chi connectivity index (χ1) is 11.6. The molecule has 1 aromatic rings. The Balaban J connectivity index is 1.92. The van der Waals surface area contributed by atoms with Crippen LogP contribution in [0.2, 0.25) is 0 Å². The second-order valence-corrected chi connectivity index (χ2v) is 7.37. The molecule has 2 heterocycles. The number of nitrogens with two attached hydrogens (primary N) is 1. The molecule has 0 radical (unpaired) electrons. The number of nitrogens with one attached hydrogen (secondary N) is 1. The van der Waals surface area contributed by atoms with Gasteiger partial charge in [0.2, 0.25) is 0 Å². The van der Waals surface area contributed by atoms with Gasteiger partial charge in [-0.15, -0.1) is 0 Å². The van der Waals surface area contributed by atoms with E-state index in [2.05, 4.69) is 17.1 Å². The first kappa shape index (κ1) is 15.3. The van der Waals surface area contributed by atoms with E-state index in [1.54, 1.807) is 0 Å². The molecule has 7 heteroatoms. The highest BCUT2D eigenvalue weighted by molar-refractivity contribution is 8.00. The van der Waals surface area contributed by atoms with Crippen molar-refractivity contribution in [3.63, 3.8) is 0 Å². The van der Waals surface area contributed by atoms with Crippen LogP contribution in [0, 0.1) is 33.5 Å². The van der Waals surface area contributed by atoms with E-state index in [1.165, 1.54) is 11.8 Å². The lowest BCUT2D eigenvalue weighted by molar-refractivity contribution is -0.583. The summed E-state index contributed by atoms with van der Waals surface area (Å²) in [6.45, 7) is 2.94. The second-order valence-electron chi connectivity index (χ2n) is 6.10. The Labute approximate surface area is 144 Å². The highest BCUT2D eigenvalue weighted by atomic mass is 32.2. The minimum atomic E-state index is -1.10. The zero-order valence-corrected chi connectivity index (χ0v) is 14.0. The highest BCUT2D eigenvalue weighted by Gasteiger charge is 2.96. The molecule has 1 saturated heterocycles. The van der Waals surface area contributed by atoms with Crippen molar-refractivity contribution < 1.29 is 14.5 Å². The lowest BCUT2D eigenvalue weighted by atomic mass is 9.95. The molecule has 122 valence electrons. The van der Waals surface area contributed by atoms with Crippen LogP contribution in [0.1, 0.15) is 18.4 Å². The smallest absolute Gasteiger partial charge is 0.277 e. The topological polar surface area (TPSA) is 106 Å². The van der Waals surface area contributed by atoms with Crippen LogP contribution >= 0.6 is 11.8 Å². The monoisotopic (exact) mass is 341 g/mol. The Morgan fingerprint density at radius 2 is 2.21 bits per heavy atom. The standard InChI is InChI=1S/C17H16N4O2S/c1-2-22-12-6-4-3-5-11(12)13-15(9-18)14(20)21-17(16(13,15)10-19)23-7-8-24-17/h3-6,13H,2,7-8H2,1H3,(H2,20,21)/p+1/t13-,15-,16-,17-/m1/s1. The molecule has 4 atom stereocenters. The van der Waals surface area contributed by atoms with Gasteiger partial charge in [0.25, 0.3) is 10.9 Å². The van der Waals surface area contributed by atoms with Gasteiger partial charge in [0.15, 0.2) is 10.8 Å². The quantitative estimate of drug-likeness (QED) is 0.806. The third-order valence-electron chi connectivity index (χ3n) is 5.22. The molecule has 2 aliphatic heterocycles. The first-order valence-electron chi connectivity index (χ1n) is 7.86. The lowest BCUT2D eigenvalue weighted by Crippen LogP contribution is -2.88. The number of ether oxygens (including phenoxy) is 2. The Bertz CT molecular complexity index is 821. The maximum absolute atomic E-state index is 10.1. The number of rotatable bonds is 3. The number of para-hydroxylation sites is 1. The maximum Gasteiger partial charge on any atom is 0.277 e. The molecule has 24 heavy (non-hydrogen) atoms. The summed E-state index contributed by atoms with van der Waals surface area (Å²) in [5, 5.41) is 19.1. The molecule has 2 fully saturated rings. The summed E-state index contributed by atoms with van der Waals surface area (Å²) in [6, 6.07) is 12.3. The van der Waals surface area contributed by atoms with E-state index in [0.717, 1.165) is 11.3 Å². The number of amidine groups is 1. The molecule has 1 aliphatic carbocycles. The summed E-state index contributed by atoms with van der Waals surface area (Å²) < 4.78 is 11.7. The lowest BCUT2D eigenvalue weighted by Gasteiger charge is -2.24. The van der Waals surface area contributed by atoms with Gasteiger partial charge >= 0.3 is 0 Å². The molecule has 4 rings (SSSR count). The number of nitriles is 2. The minimum absolute atomic E-state index is 0.317. The molecule has 0 bridgehead atoms. The Morgan fingerprint density at radius 3 is 2.83 bits per heavy atom. The van der Waals surface area contributed by atoms with Crippen molar-refractivity contribution in [1.82, 2.24) is 0 Å². The number of benzene rings is 1. The van der Waals surface area contributed by atoms with Crippen molar-refractivity contribution in [1.29, 1.82) is 10.5 Å². The molecule has 0 aromatic heterocycles. The fourth-order valence-corrected chi connectivity index (χ4v) is 5.65. The van der Waals surface area contributed by atoms with E-state index in [1.807, 2.05) is 31.2 Å². The van der Waals surface area contributed by atoms with Gasteiger partial charge in [0, 0.05) is 17.2 Å². The maximum atomic E-state index is 10.1. The van der Waals surface area contributed by atoms with E-state index in [9.17, 15) is 10.5 Å². The van der Waals surface area contributed by atoms with Gasteiger partial charge in [0.1, 0.15) is 5.75 Å². The Morgan fingerprint density at radius 1 is 1.42 bits per heavy atom. The molecular formula is C17H17N4O2S+. The van der Waals surface area contributed by atoms with Crippen LogP contribution in [-0.2, 0) is 4.74 Å². The van der Waals surface area contributed by atoms with Crippen LogP contribution < -0.4 is 15.5 Å². The highest BCUT2D eigenvalue weighted by Crippen LogP contribution is 2.81. The second kappa shape index (κ2) is 4.89. The zero-order chi connectivity index (χ0) is 17.0. The molecule has 1 saturated carbocycles. The van der Waals surface area contributed by atoms with Gasteiger partial charge in [-0.25, -0.2) is 4.99 Å². The number of hydrogen-bond donors (Lipinski definition) is 2. The van der Waals surface area contributed by atoms with Crippen molar-refractivity contribution in [3.8, 4) is 17.9 Å². The van der Waals surface area contributed by atoms with Gasteiger partial charge in [-0.1, -0.05) is 30.0 Å². The average molecular weight is 341 g/mol. The summed E-state index contributed by atoms with van der Waals surface area (Å²) in [5.74, 6) is 1.38. The normalized spacial score (nSPS) is 39.0. The summed E-state index contributed by atoms with van der Waals surface area (Å²) >= 11 is 1.51. The van der Waals surface area contributed by atoms with Gasteiger partial charge in [0.05, 0.1) is 25.4 Å². The average Bonchev–Trinajstić information content (AvgIpc) is 2.83. The molecule has 1 spiro atoms. The first-order valence-corrected chi connectivity index (χ1v) is 8.85. The van der Waals surface area contributed by atoms with Gasteiger partial charge < -0.3 is 9.47 Å². The minimum Gasteiger partial charge on any atom is -0.494 e. The van der Waals surface area contributed by atoms with Crippen molar-refractivity contribution in [2.24, 2.45) is 16.6 Å².